The van der Waals surface area contributed by atoms with Crippen LogP contribution in [-0.4, -0.2) is 126 Å². The van der Waals surface area contributed by atoms with Gasteiger partial charge in [0.1, 0.15) is 18.1 Å². The molecule has 350 valence electrons. The fraction of sp³-hybridized carbons (Fsp3) is 0.490. The second-order valence-electron chi connectivity index (χ2n) is 19.0. The molecule has 4 aromatic rings. The molecule has 2 aromatic carbocycles. The second-order valence-corrected chi connectivity index (χ2v) is 19.0. The molecule has 5 atom stereocenters. The predicted molar refractivity (Wildman–Crippen MR) is 249 cm³/mol. The van der Waals surface area contributed by atoms with Crippen molar-refractivity contribution >= 4 is 40.5 Å². The van der Waals surface area contributed by atoms with Crippen LogP contribution in [0.25, 0.3) is 33.3 Å². The molecular formula is C51H63N7O8. The van der Waals surface area contributed by atoms with Crippen LogP contribution in [0.15, 0.2) is 73.4 Å². The van der Waals surface area contributed by atoms with Gasteiger partial charge in [-0.15, -0.1) is 0 Å². The van der Waals surface area contributed by atoms with E-state index in [4.69, 9.17) is 19.2 Å². The summed E-state index contributed by atoms with van der Waals surface area (Å²) in [5, 5.41) is 5.58. The molecule has 0 spiro atoms. The van der Waals surface area contributed by atoms with Gasteiger partial charge in [-0.25, -0.2) is 5.43 Å². The van der Waals surface area contributed by atoms with Crippen LogP contribution >= 0.6 is 0 Å². The number of rotatable bonds is 10. The Morgan fingerprint density at radius 1 is 1.08 bits per heavy atom. The Labute approximate surface area is 386 Å². The van der Waals surface area contributed by atoms with E-state index in [1.165, 1.54) is 16.0 Å². The molecule has 3 fully saturated rings. The van der Waals surface area contributed by atoms with Crippen LogP contribution in [0, 0.1) is 17.3 Å². The van der Waals surface area contributed by atoms with Crippen LogP contribution in [0.1, 0.15) is 69.9 Å². The number of aryl methyl sites for hydroxylation is 1. The normalized spacial score (nSPS) is 22.2. The van der Waals surface area contributed by atoms with Crippen molar-refractivity contribution in [3.05, 3.63) is 90.3 Å². The number of nitrogens with zero attached hydrogens (tertiary/aromatic N) is 5. The zero-order valence-electron chi connectivity index (χ0n) is 39.0. The molecule has 0 radical (unpaired) electrons. The maximum atomic E-state index is 14.7. The minimum absolute atomic E-state index is 0.132. The number of cyclic esters (lactones) is 1. The molecule has 66 heavy (non-hydrogen) atoms. The van der Waals surface area contributed by atoms with E-state index in [1.54, 1.807) is 25.3 Å². The number of pyridine rings is 1. The smallest absolute Gasteiger partial charge is 0.324 e. The van der Waals surface area contributed by atoms with E-state index >= 15 is 0 Å². The summed E-state index contributed by atoms with van der Waals surface area (Å²) >= 11 is 0. The highest BCUT2D eigenvalue weighted by Gasteiger charge is 2.44. The van der Waals surface area contributed by atoms with Gasteiger partial charge in [0.05, 0.1) is 43.2 Å². The average molecular weight is 902 g/mol. The second kappa shape index (κ2) is 19.5. The highest BCUT2D eigenvalue weighted by molar-refractivity contribution is 5.96. The van der Waals surface area contributed by atoms with Gasteiger partial charge in [0.25, 0.3) is 5.91 Å². The van der Waals surface area contributed by atoms with E-state index in [0.717, 1.165) is 50.1 Å². The first-order valence-corrected chi connectivity index (χ1v) is 23.2. The predicted octanol–water partition coefficient (Wildman–Crippen LogP) is 5.25. The summed E-state index contributed by atoms with van der Waals surface area (Å²) in [6, 6.07) is 15.8. The van der Waals surface area contributed by atoms with Crippen molar-refractivity contribution < 1.29 is 38.2 Å². The van der Waals surface area contributed by atoms with E-state index in [1.807, 2.05) is 25.1 Å². The zero-order chi connectivity index (χ0) is 46.9. The third-order valence-corrected chi connectivity index (χ3v) is 13.8. The fourth-order valence-corrected chi connectivity index (χ4v) is 10.1. The van der Waals surface area contributed by atoms with E-state index in [0.29, 0.717) is 45.3 Å². The molecule has 4 amide bonds. The lowest BCUT2D eigenvalue weighted by Crippen LogP contribution is -2.63. The highest BCUT2D eigenvalue weighted by atomic mass is 16.5. The fourth-order valence-electron chi connectivity index (χ4n) is 10.1. The number of benzene rings is 2. The first kappa shape index (κ1) is 46.6. The SMILES string of the molecule is C=CC(=O)N1CC[C@H](C(=O)N(C)[C@H](C(=O)N[C@H]2Cc3cccc(c3)-c3ccc4c(c3)c(c(-c3cccnc3[C@H](C)OC)n4CC)CC(C)(C)COC(=O)[C@@H]3CCCN(N3)C2=O)C2COC2)C1. The number of hydrogen-bond donors (Lipinski definition) is 2. The number of nitrogens with one attached hydrogen (secondary N) is 2. The van der Waals surface area contributed by atoms with Crippen molar-refractivity contribution in [1.82, 2.24) is 35.1 Å². The molecule has 0 saturated carbocycles. The van der Waals surface area contributed by atoms with Crippen LogP contribution < -0.4 is 10.7 Å². The third-order valence-electron chi connectivity index (χ3n) is 13.8. The van der Waals surface area contributed by atoms with E-state index in [2.05, 4.69) is 79.1 Å². The molecule has 15 heteroatoms. The number of likely N-dealkylation sites (N-methyl/N-ethyl adjacent to an activating group) is 1. The number of hydrogen-bond acceptors (Lipinski definition) is 10. The number of hydrazine groups is 1. The van der Waals surface area contributed by atoms with Crippen LogP contribution in [0.2, 0.25) is 0 Å². The van der Waals surface area contributed by atoms with Gasteiger partial charge in [-0.3, -0.25) is 34.0 Å². The molecule has 0 unspecified atom stereocenters. The van der Waals surface area contributed by atoms with Crippen molar-refractivity contribution in [2.75, 3.05) is 53.6 Å². The summed E-state index contributed by atoms with van der Waals surface area (Å²) in [7, 11) is 3.30. The molecule has 8 rings (SSSR count). The Morgan fingerprint density at radius 3 is 2.59 bits per heavy atom. The topological polar surface area (TPSA) is 165 Å². The number of carbonyl (C=O) groups is 5. The number of fused-ring (bicyclic) bond motifs is 6. The van der Waals surface area contributed by atoms with Gasteiger partial charge in [-0.2, -0.15) is 0 Å². The van der Waals surface area contributed by atoms with Gasteiger partial charge < -0.3 is 33.9 Å². The van der Waals surface area contributed by atoms with Gasteiger partial charge in [0, 0.05) is 80.8 Å². The first-order valence-electron chi connectivity index (χ1n) is 23.2. The van der Waals surface area contributed by atoms with E-state index < -0.39 is 47.2 Å². The largest absolute Gasteiger partial charge is 0.464 e. The maximum Gasteiger partial charge on any atom is 0.324 e. The molecule has 4 aliphatic rings. The summed E-state index contributed by atoms with van der Waals surface area (Å²) in [5.41, 5.74) is 10.4. The third kappa shape index (κ3) is 9.38. The summed E-state index contributed by atoms with van der Waals surface area (Å²) in [4.78, 5) is 77.5. The highest BCUT2D eigenvalue weighted by Crippen LogP contribution is 2.42. The molecule has 4 aliphatic heterocycles. The average Bonchev–Trinajstić information content (AvgIpc) is 3.93. The van der Waals surface area contributed by atoms with Crippen molar-refractivity contribution in [2.45, 2.75) is 90.6 Å². The molecule has 0 aliphatic carbocycles. The zero-order valence-corrected chi connectivity index (χ0v) is 39.0. The molecule has 6 bridgehead atoms. The van der Waals surface area contributed by atoms with E-state index in [9.17, 15) is 24.0 Å². The number of carbonyl (C=O) groups excluding carboxylic acids is 5. The Kier molecular flexibility index (Phi) is 13.8. The lowest BCUT2D eigenvalue weighted by molar-refractivity contribution is -0.156. The summed E-state index contributed by atoms with van der Waals surface area (Å²) in [6.07, 6.45) is 4.98. The Hall–Kier alpha value is -5.90. The molecule has 6 heterocycles. The molecule has 2 aromatic heterocycles. The number of methoxy groups -OCH3 is 1. The van der Waals surface area contributed by atoms with Crippen molar-refractivity contribution in [3.63, 3.8) is 0 Å². The summed E-state index contributed by atoms with van der Waals surface area (Å²) < 4.78 is 19.8. The molecule has 2 N–H and O–H groups in total. The van der Waals surface area contributed by atoms with Crippen molar-refractivity contribution in [3.8, 4) is 22.4 Å². The van der Waals surface area contributed by atoms with Crippen LogP contribution in [0.5, 0.6) is 0 Å². The standard InChI is InChI=1S/C51H63N7O8/c1-8-43(59)56-22-19-35(27-56)48(61)55(6)45(36-28-65-29-36)47(60)53-41-24-32-13-10-14-33(23-32)34-17-18-42-38(25-34)39(46(57(42)9-2)37-15-11-20-52-44(37)31(3)64-7)26-51(4,5)30-66-50(63)40-16-12-21-58(54-40)49(41)62/h8,10-11,13-15,17-18,20,23,25,31,35-36,40-41,45,54H,1,9,12,16,19,21-22,24,26-30H2,2-7H3,(H,53,60)/t31-,35-,40-,41-,45-/m0/s1. The molecule has 15 nitrogen and oxygen atoms in total. The quantitative estimate of drug-likeness (QED) is 0.159. The molecule has 3 saturated heterocycles. The van der Waals surface area contributed by atoms with E-state index in [-0.39, 0.29) is 56.6 Å². The Morgan fingerprint density at radius 2 is 1.86 bits per heavy atom. The summed E-state index contributed by atoms with van der Waals surface area (Å²) in [5.74, 6) is -2.61. The van der Waals surface area contributed by atoms with Gasteiger partial charge in [-0.1, -0.05) is 50.8 Å². The number of esters is 1. The van der Waals surface area contributed by atoms with Gasteiger partial charge >= 0.3 is 5.97 Å². The lowest BCUT2D eigenvalue weighted by atomic mass is 9.84. The first-order chi connectivity index (χ1) is 31.7. The van der Waals surface area contributed by atoms with Gasteiger partial charge in [-0.05, 0) is 92.1 Å². The monoisotopic (exact) mass is 901 g/mol. The van der Waals surface area contributed by atoms with Crippen LogP contribution in [-0.2, 0) is 57.6 Å². The van der Waals surface area contributed by atoms with Crippen LogP contribution in [0.3, 0.4) is 0 Å². The van der Waals surface area contributed by atoms with Crippen LogP contribution in [0.4, 0.5) is 0 Å². The lowest BCUT2D eigenvalue weighted by Gasteiger charge is -2.40. The van der Waals surface area contributed by atoms with Gasteiger partial charge in [0.2, 0.25) is 17.7 Å². The Bertz CT molecular complexity index is 2510. The maximum absolute atomic E-state index is 14.7. The number of likely N-dealkylation sites (tertiary alicyclic amines) is 1. The number of aromatic nitrogens is 2. The van der Waals surface area contributed by atoms with Crippen molar-refractivity contribution in [2.24, 2.45) is 17.3 Å². The molecular weight excluding hydrogens is 839 g/mol. The van der Waals surface area contributed by atoms with Gasteiger partial charge in [0.15, 0.2) is 0 Å². The van der Waals surface area contributed by atoms with Crippen molar-refractivity contribution in [1.29, 1.82) is 0 Å². The minimum atomic E-state index is -1.06. The Balaban J connectivity index is 1.18. The summed E-state index contributed by atoms with van der Waals surface area (Å²) in [6.45, 7) is 14.3. The number of amides is 4. The minimum Gasteiger partial charge on any atom is -0.464 e. The number of ether oxygens (including phenoxy) is 3.